The molecule has 0 unspecified atom stereocenters. The maximum absolute atomic E-state index is 13.3. The lowest BCUT2D eigenvalue weighted by Gasteiger charge is -2.06. The Hall–Kier alpha value is -0.940. The lowest BCUT2D eigenvalue weighted by atomic mass is 10.2. The molecule has 0 fully saturated rings. The highest BCUT2D eigenvalue weighted by Crippen LogP contribution is 2.35. The maximum atomic E-state index is 13.3. The van der Waals surface area contributed by atoms with Crippen LogP contribution in [-0.4, -0.2) is 4.98 Å². The summed E-state index contributed by atoms with van der Waals surface area (Å²) >= 11 is 8.83. The molecule has 0 saturated heterocycles. The van der Waals surface area contributed by atoms with Gasteiger partial charge in [0.1, 0.15) is 11.3 Å². The first-order valence-corrected chi connectivity index (χ1v) is 5.06. The standard InChI is InChI=1S/C9H4BrClF2N2/c10-7-3(12)1-4(13)9-6(7)8(11)5(14)2-15-9/h1-2H,14H2. The summed E-state index contributed by atoms with van der Waals surface area (Å²) in [6.07, 6.45) is 1.23. The number of halogens is 4. The van der Waals surface area contributed by atoms with Crippen molar-refractivity contribution >= 4 is 44.1 Å². The maximum Gasteiger partial charge on any atom is 0.152 e. The van der Waals surface area contributed by atoms with Crippen LogP contribution in [0.25, 0.3) is 10.9 Å². The third-order valence-corrected chi connectivity index (χ3v) is 3.13. The van der Waals surface area contributed by atoms with Crippen molar-refractivity contribution in [3.8, 4) is 0 Å². The normalized spacial score (nSPS) is 10.9. The highest BCUT2D eigenvalue weighted by molar-refractivity contribution is 9.10. The molecule has 0 saturated carbocycles. The minimum atomic E-state index is -0.771. The minimum Gasteiger partial charge on any atom is -0.396 e. The van der Waals surface area contributed by atoms with E-state index in [2.05, 4.69) is 20.9 Å². The van der Waals surface area contributed by atoms with Crippen LogP contribution in [0.4, 0.5) is 14.5 Å². The number of nitrogens with zero attached hydrogens (tertiary/aromatic N) is 1. The van der Waals surface area contributed by atoms with Gasteiger partial charge in [-0.25, -0.2) is 8.78 Å². The molecule has 0 aliphatic rings. The second-order valence-corrected chi connectivity index (χ2v) is 4.08. The van der Waals surface area contributed by atoms with Crippen LogP contribution in [0.1, 0.15) is 0 Å². The highest BCUT2D eigenvalue weighted by Gasteiger charge is 2.15. The van der Waals surface area contributed by atoms with Crippen LogP contribution in [0.2, 0.25) is 5.02 Å². The summed E-state index contributed by atoms with van der Waals surface area (Å²) in [6.45, 7) is 0. The summed E-state index contributed by atoms with van der Waals surface area (Å²) in [4.78, 5) is 3.76. The first kappa shape index (κ1) is 10.6. The van der Waals surface area contributed by atoms with Gasteiger partial charge in [-0.1, -0.05) is 11.6 Å². The molecule has 6 heteroatoms. The third-order valence-electron chi connectivity index (χ3n) is 1.95. The topological polar surface area (TPSA) is 38.9 Å². The predicted octanol–water partition coefficient (Wildman–Crippen LogP) is 3.51. The van der Waals surface area contributed by atoms with Gasteiger partial charge in [-0.15, -0.1) is 0 Å². The van der Waals surface area contributed by atoms with E-state index in [-0.39, 0.29) is 26.1 Å². The predicted molar refractivity (Wildman–Crippen MR) is 58.8 cm³/mol. The van der Waals surface area contributed by atoms with E-state index in [1.165, 1.54) is 6.20 Å². The number of rotatable bonds is 0. The van der Waals surface area contributed by atoms with Gasteiger partial charge in [0.05, 0.1) is 21.4 Å². The van der Waals surface area contributed by atoms with Gasteiger partial charge in [0, 0.05) is 11.5 Å². The molecule has 1 heterocycles. The Labute approximate surface area is 97.2 Å². The Kier molecular flexibility index (Phi) is 2.52. The summed E-state index contributed by atoms with van der Waals surface area (Å²) in [5.74, 6) is -1.51. The summed E-state index contributed by atoms with van der Waals surface area (Å²) in [6, 6.07) is 0.742. The number of hydrogen-bond acceptors (Lipinski definition) is 2. The van der Waals surface area contributed by atoms with Crippen molar-refractivity contribution < 1.29 is 8.78 Å². The van der Waals surface area contributed by atoms with E-state index in [4.69, 9.17) is 17.3 Å². The quantitative estimate of drug-likeness (QED) is 0.755. The van der Waals surface area contributed by atoms with Crippen molar-refractivity contribution in [2.24, 2.45) is 0 Å². The number of pyridine rings is 1. The van der Waals surface area contributed by atoms with Crippen LogP contribution in [0.5, 0.6) is 0 Å². The minimum absolute atomic E-state index is 0.0116. The molecule has 2 aromatic rings. The number of benzene rings is 1. The van der Waals surface area contributed by atoms with Crippen LogP contribution in [0, 0.1) is 11.6 Å². The smallest absolute Gasteiger partial charge is 0.152 e. The molecule has 0 aliphatic heterocycles. The summed E-state index contributed by atoms with van der Waals surface area (Å²) in [5.41, 5.74) is 5.66. The Morgan fingerprint density at radius 3 is 2.67 bits per heavy atom. The average molecular weight is 293 g/mol. The molecule has 2 N–H and O–H groups in total. The number of fused-ring (bicyclic) bond motifs is 1. The molecule has 0 radical (unpaired) electrons. The summed E-state index contributed by atoms with van der Waals surface area (Å²) in [7, 11) is 0. The van der Waals surface area contributed by atoms with E-state index in [0.29, 0.717) is 0 Å². The van der Waals surface area contributed by atoms with E-state index in [1.54, 1.807) is 0 Å². The van der Waals surface area contributed by atoms with Gasteiger partial charge in [0.2, 0.25) is 0 Å². The van der Waals surface area contributed by atoms with Gasteiger partial charge in [-0.2, -0.15) is 0 Å². The van der Waals surface area contributed by atoms with Crippen LogP contribution in [0.3, 0.4) is 0 Å². The molecule has 15 heavy (non-hydrogen) atoms. The highest BCUT2D eigenvalue weighted by atomic mass is 79.9. The van der Waals surface area contributed by atoms with Crippen molar-refractivity contribution in [2.45, 2.75) is 0 Å². The fourth-order valence-electron chi connectivity index (χ4n) is 1.25. The molecular weight excluding hydrogens is 289 g/mol. The first-order valence-electron chi connectivity index (χ1n) is 3.89. The average Bonchev–Trinajstić information content (AvgIpc) is 2.19. The van der Waals surface area contributed by atoms with Crippen molar-refractivity contribution in [3.63, 3.8) is 0 Å². The van der Waals surface area contributed by atoms with Gasteiger partial charge in [-0.3, -0.25) is 4.98 Å². The zero-order valence-electron chi connectivity index (χ0n) is 7.19. The second kappa shape index (κ2) is 3.57. The van der Waals surface area contributed by atoms with E-state index >= 15 is 0 Å². The lowest BCUT2D eigenvalue weighted by molar-refractivity contribution is 0.586. The van der Waals surface area contributed by atoms with Crippen molar-refractivity contribution in [3.05, 3.63) is 33.4 Å². The Bertz CT molecular complexity index is 551. The molecular formula is C9H4BrClF2N2. The molecule has 0 spiro atoms. The van der Waals surface area contributed by atoms with Gasteiger partial charge in [0.25, 0.3) is 0 Å². The van der Waals surface area contributed by atoms with Crippen LogP contribution < -0.4 is 5.73 Å². The Balaban J connectivity index is 3.04. The largest absolute Gasteiger partial charge is 0.396 e. The van der Waals surface area contributed by atoms with Crippen molar-refractivity contribution in [1.29, 1.82) is 0 Å². The molecule has 0 atom stereocenters. The Morgan fingerprint density at radius 1 is 1.33 bits per heavy atom. The molecule has 2 rings (SSSR count). The van der Waals surface area contributed by atoms with Crippen LogP contribution in [0.15, 0.2) is 16.7 Å². The fourth-order valence-corrected chi connectivity index (χ4v) is 2.09. The molecule has 0 aliphatic carbocycles. The fraction of sp³-hybridized carbons (Fsp3) is 0. The van der Waals surface area contributed by atoms with Gasteiger partial charge < -0.3 is 5.73 Å². The van der Waals surface area contributed by atoms with Crippen molar-refractivity contribution in [1.82, 2.24) is 4.98 Å². The van der Waals surface area contributed by atoms with Crippen molar-refractivity contribution in [2.75, 3.05) is 5.73 Å². The third kappa shape index (κ3) is 1.55. The van der Waals surface area contributed by atoms with Crippen LogP contribution in [-0.2, 0) is 0 Å². The van der Waals surface area contributed by atoms with Crippen LogP contribution >= 0.6 is 27.5 Å². The van der Waals surface area contributed by atoms with Gasteiger partial charge in [-0.05, 0) is 15.9 Å². The molecule has 0 bridgehead atoms. The molecule has 78 valence electrons. The number of aromatic nitrogens is 1. The van der Waals surface area contributed by atoms with Gasteiger partial charge in [0.15, 0.2) is 5.82 Å². The monoisotopic (exact) mass is 292 g/mol. The number of hydrogen-bond donors (Lipinski definition) is 1. The number of nitrogens with two attached hydrogens (primary N) is 1. The van der Waals surface area contributed by atoms with E-state index in [1.807, 2.05) is 0 Å². The first-order chi connectivity index (χ1) is 7.02. The zero-order valence-corrected chi connectivity index (χ0v) is 9.53. The van der Waals surface area contributed by atoms with E-state index in [9.17, 15) is 8.78 Å². The van der Waals surface area contributed by atoms with E-state index in [0.717, 1.165) is 6.07 Å². The zero-order chi connectivity index (χ0) is 11.2. The summed E-state index contributed by atoms with van der Waals surface area (Å²) in [5, 5.41) is 0.236. The Morgan fingerprint density at radius 2 is 2.00 bits per heavy atom. The SMILES string of the molecule is Nc1cnc2c(F)cc(F)c(Br)c2c1Cl. The van der Waals surface area contributed by atoms with Gasteiger partial charge >= 0.3 is 0 Å². The number of anilines is 1. The number of nitrogen functional groups attached to an aromatic ring is 1. The van der Waals surface area contributed by atoms with E-state index < -0.39 is 11.6 Å². The molecule has 0 amide bonds. The lowest BCUT2D eigenvalue weighted by Crippen LogP contribution is -1.94. The second-order valence-electron chi connectivity index (χ2n) is 2.91. The summed E-state index contributed by atoms with van der Waals surface area (Å²) < 4.78 is 26.6. The molecule has 1 aromatic carbocycles. The molecule has 1 aromatic heterocycles. The molecule has 2 nitrogen and oxygen atoms in total.